The zero-order chi connectivity index (χ0) is 13.1. The molecule has 94 valence electrons. The Morgan fingerprint density at radius 3 is 2.22 bits per heavy atom. The molecular formula is C9H8N4O5. The van der Waals surface area contributed by atoms with Crippen LogP contribution in [0.25, 0.3) is 0 Å². The van der Waals surface area contributed by atoms with Gasteiger partial charge in [0.25, 0.3) is 5.69 Å². The van der Waals surface area contributed by atoms with Gasteiger partial charge < -0.3 is 4.84 Å². The molecule has 0 saturated heterocycles. The minimum atomic E-state index is -0.720. The van der Waals surface area contributed by atoms with E-state index in [1.54, 1.807) is 0 Å². The van der Waals surface area contributed by atoms with Crippen LogP contribution in [0.2, 0.25) is 0 Å². The van der Waals surface area contributed by atoms with Crippen molar-refractivity contribution in [1.82, 2.24) is 14.9 Å². The number of rotatable bonds is 4. The SMILES string of the molecule is O=c1[nH][nH]c(=O)n1OCc1ccc([N+](=O)[O-])cc1. The van der Waals surface area contributed by atoms with Crippen molar-refractivity contribution in [1.29, 1.82) is 0 Å². The summed E-state index contributed by atoms with van der Waals surface area (Å²) in [7, 11) is 0. The standard InChI is InChI=1S/C9H8N4O5/c14-8-10-11-9(15)12(8)18-5-6-1-3-7(4-2-6)13(16)17/h1-4H,5H2,(H,10,14)(H,11,15). The molecule has 0 fully saturated rings. The molecule has 0 radical (unpaired) electrons. The summed E-state index contributed by atoms with van der Waals surface area (Å²) in [6.45, 7) is -0.0567. The molecule has 18 heavy (non-hydrogen) atoms. The highest BCUT2D eigenvalue weighted by Gasteiger charge is 2.06. The van der Waals surface area contributed by atoms with E-state index in [2.05, 4.69) is 10.2 Å². The first-order chi connectivity index (χ1) is 8.58. The van der Waals surface area contributed by atoms with Gasteiger partial charge in [0.05, 0.1) is 4.92 Å². The van der Waals surface area contributed by atoms with E-state index in [1.165, 1.54) is 24.3 Å². The Morgan fingerprint density at radius 1 is 1.17 bits per heavy atom. The molecule has 0 bridgehead atoms. The minimum Gasteiger partial charge on any atom is -0.400 e. The molecule has 0 saturated carbocycles. The monoisotopic (exact) mass is 252 g/mol. The Kier molecular flexibility index (Phi) is 2.96. The number of nitro groups is 1. The van der Waals surface area contributed by atoms with Gasteiger partial charge in [-0.1, -0.05) is 4.73 Å². The van der Waals surface area contributed by atoms with E-state index in [0.29, 0.717) is 10.3 Å². The number of benzene rings is 1. The number of non-ortho nitro benzene ring substituents is 1. The number of hydrogen-bond donors (Lipinski definition) is 2. The van der Waals surface area contributed by atoms with E-state index in [-0.39, 0.29) is 12.3 Å². The Balaban J connectivity index is 2.09. The Hall–Kier alpha value is -2.84. The highest BCUT2D eigenvalue weighted by atomic mass is 16.7. The number of nitro benzene ring substituents is 1. The Morgan fingerprint density at radius 2 is 1.72 bits per heavy atom. The molecule has 0 spiro atoms. The fraction of sp³-hybridized carbons (Fsp3) is 0.111. The number of nitrogens with one attached hydrogen (secondary N) is 2. The van der Waals surface area contributed by atoms with Gasteiger partial charge in [-0.05, 0) is 17.7 Å². The fourth-order valence-corrected chi connectivity index (χ4v) is 1.27. The first kappa shape index (κ1) is 11.6. The van der Waals surface area contributed by atoms with Gasteiger partial charge in [0.2, 0.25) is 0 Å². The van der Waals surface area contributed by atoms with Gasteiger partial charge in [-0.3, -0.25) is 10.1 Å². The van der Waals surface area contributed by atoms with Crippen LogP contribution in [0.1, 0.15) is 5.56 Å². The molecule has 2 aromatic rings. The summed E-state index contributed by atoms with van der Waals surface area (Å²) in [5.41, 5.74) is -0.896. The molecule has 1 heterocycles. The first-order valence-corrected chi connectivity index (χ1v) is 4.84. The van der Waals surface area contributed by atoms with Crippen molar-refractivity contribution in [2.45, 2.75) is 6.61 Å². The van der Waals surface area contributed by atoms with Crippen LogP contribution in [0, 0.1) is 10.1 Å². The summed E-state index contributed by atoms with van der Waals surface area (Å²) < 4.78 is 0.529. The van der Waals surface area contributed by atoms with Gasteiger partial charge in [-0.2, -0.15) is 0 Å². The second-order valence-corrected chi connectivity index (χ2v) is 3.35. The third kappa shape index (κ3) is 2.29. The van der Waals surface area contributed by atoms with E-state index < -0.39 is 16.3 Å². The second kappa shape index (κ2) is 4.57. The van der Waals surface area contributed by atoms with Crippen LogP contribution in [-0.2, 0) is 6.61 Å². The lowest BCUT2D eigenvalue weighted by atomic mass is 10.2. The Bertz CT molecular complexity index is 638. The lowest BCUT2D eigenvalue weighted by Crippen LogP contribution is -2.32. The molecule has 9 nitrogen and oxygen atoms in total. The summed E-state index contributed by atoms with van der Waals surface area (Å²) >= 11 is 0. The largest absolute Gasteiger partial charge is 0.400 e. The molecule has 1 aromatic heterocycles. The number of nitrogens with zero attached hydrogens (tertiary/aromatic N) is 2. The molecule has 0 unspecified atom stereocenters. The van der Waals surface area contributed by atoms with Crippen molar-refractivity contribution in [2.75, 3.05) is 0 Å². The summed E-state index contributed by atoms with van der Waals surface area (Å²) in [5, 5.41) is 14.5. The lowest BCUT2D eigenvalue weighted by Gasteiger charge is -2.02. The molecule has 0 amide bonds. The van der Waals surface area contributed by atoms with Crippen LogP contribution in [0.4, 0.5) is 5.69 Å². The van der Waals surface area contributed by atoms with Gasteiger partial charge in [0, 0.05) is 12.1 Å². The van der Waals surface area contributed by atoms with Crippen LogP contribution >= 0.6 is 0 Å². The van der Waals surface area contributed by atoms with Crippen molar-refractivity contribution in [2.24, 2.45) is 0 Å². The van der Waals surface area contributed by atoms with E-state index >= 15 is 0 Å². The molecule has 0 atom stereocenters. The van der Waals surface area contributed by atoms with Gasteiger partial charge in [0.15, 0.2) is 0 Å². The maximum absolute atomic E-state index is 11.1. The normalized spacial score (nSPS) is 10.2. The average molecular weight is 252 g/mol. The third-order valence-electron chi connectivity index (χ3n) is 2.15. The molecule has 0 aliphatic heterocycles. The molecular weight excluding hydrogens is 244 g/mol. The summed E-state index contributed by atoms with van der Waals surface area (Å²) in [6.07, 6.45) is 0. The van der Waals surface area contributed by atoms with E-state index in [0.717, 1.165) is 0 Å². The third-order valence-corrected chi connectivity index (χ3v) is 2.15. The molecule has 0 aliphatic rings. The molecule has 9 heteroatoms. The van der Waals surface area contributed by atoms with Crippen molar-refractivity contribution in [3.05, 3.63) is 60.9 Å². The van der Waals surface area contributed by atoms with Crippen LogP contribution in [0.5, 0.6) is 0 Å². The summed E-state index contributed by atoms with van der Waals surface area (Å²) in [4.78, 5) is 37.0. The number of hydrogen-bond acceptors (Lipinski definition) is 5. The number of aromatic nitrogens is 3. The van der Waals surface area contributed by atoms with Crippen LogP contribution < -0.4 is 16.2 Å². The van der Waals surface area contributed by atoms with Crippen LogP contribution in [-0.4, -0.2) is 19.9 Å². The summed E-state index contributed by atoms with van der Waals surface area (Å²) in [6, 6.07) is 5.57. The molecule has 2 N–H and O–H groups in total. The van der Waals surface area contributed by atoms with Crippen molar-refractivity contribution >= 4 is 5.69 Å². The fourth-order valence-electron chi connectivity index (χ4n) is 1.27. The smallest absolute Gasteiger partial charge is 0.378 e. The maximum Gasteiger partial charge on any atom is 0.378 e. The number of H-pyrrole nitrogens is 2. The van der Waals surface area contributed by atoms with Crippen LogP contribution in [0.3, 0.4) is 0 Å². The average Bonchev–Trinajstić information content (AvgIpc) is 2.67. The van der Waals surface area contributed by atoms with Crippen molar-refractivity contribution < 1.29 is 9.76 Å². The number of aromatic amines is 2. The predicted molar refractivity (Wildman–Crippen MR) is 59.1 cm³/mol. The molecule has 1 aromatic carbocycles. The van der Waals surface area contributed by atoms with Gasteiger partial charge >= 0.3 is 11.4 Å². The van der Waals surface area contributed by atoms with Gasteiger partial charge in [0.1, 0.15) is 6.61 Å². The highest BCUT2D eigenvalue weighted by molar-refractivity contribution is 5.32. The maximum atomic E-state index is 11.1. The van der Waals surface area contributed by atoms with E-state index in [9.17, 15) is 19.7 Å². The second-order valence-electron chi connectivity index (χ2n) is 3.35. The van der Waals surface area contributed by atoms with Gasteiger partial charge in [-0.15, -0.1) is 0 Å². The van der Waals surface area contributed by atoms with Crippen molar-refractivity contribution in [3.63, 3.8) is 0 Å². The topological polar surface area (TPSA) is 123 Å². The highest BCUT2D eigenvalue weighted by Crippen LogP contribution is 2.11. The van der Waals surface area contributed by atoms with E-state index in [1.807, 2.05) is 0 Å². The summed E-state index contributed by atoms with van der Waals surface area (Å²) in [5.74, 6) is 0. The van der Waals surface area contributed by atoms with Crippen LogP contribution in [0.15, 0.2) is 33.9 Å². The predicted octanol–water partition coefficient (Wildman–Crippen LogP) is -0.598. The first-order valence-electron chi connectivity index (χ1n) is 4.84. The molecule has 0 aliphatic carbocycles. The van der Waals surface area contributed by atoms with E-state index in [4.69, 9.17) is 4.84 Å². The quantitative estimate of drug-likeness (QED) is 0.555. The minimum absolute atomic E-state index is 0.0459. The zero-order valence-corrected chi connectivity index (χ0v) is 8.95. The lowest BCUT2D eigenvalue weighted by molar-refractivity contribution is -0.384. The Labute approximate surface area is 98.7 Å². The zero-order valence-electron chi connectivity index (χ0n) is 8.95. The molecule has 2 rings (SSSR count). The van der Waals surface area contributed by atoms with Gasteiger partial charge in [-0.25, -0.2) is 19.8 Å². The van der Waals surface area contributed by atoms with Crippen molar-refractivity contribution in [3.8, 4) is 0 Å².